The van der Waals surface area contributed by atoms with Gasteiger partial charge in [0.25, 0.3) is 5.56 Å². The summed E-state index contributed by atoms with van der Waals surface area (Å²) in [5.41, 5.74) is 7.10. The number of benzene rings is 1. The summed E-state index contributed by atoms with van der Waals surface area (Å²) in [6.45, 7) is 3.82. The van der Waals surface area contributed by atoms with Crippen molar-refractivity contribution in [2.45, 2.75) is 26.5 Å². The Balaban J connectivity index is 2.40. The van der Waals surface area contributed by atoms with Gasteiger partial charge in [-0.25, -0.2) is 4.79 Å². The molecule has 0 bridgehead atoms. The first-order valence-corrected chi connectivity index (χ1v) is 6.73. The lowest BCUT2D eigenvalue weighted by molar-refractivity contribution is 0.0378. The molecule has 0 saturated heterocycles. The third kappa shape index (κ3) is 3.51. The Hall–Kier alpha value is -2.56. The molecule has 2 aromatic rings. The highest BCUT2D eigenvalue weighted by Crippen LogP contribution is 2.19. The number of carbonyl (C=O) groups is 1. The lowest BCUT2D eigenvalue weighted by Crippen LogP contribution is -2.21. The van der Waals surface area contributed by atoms with Crippen LogP contribution >= 0.6 is 0 Å². The molecule has 110 valence electrons. The van der Waals surface area contributed by atoms with Gasteiger partial charge in [0.2, 0.25) is 0 Å². The Labute approximate surface area is 123 Å². The molecule has 2 N–H and O–H groups in total. The van der Waals surface area contributed by atoms with Crippen molar-refractivity contribution in [2.75, 3.05) is 5.73 Å². The molecule has 0 radical (unpaired) electrons. The minimum absolute atomic E-state index is 0.136. The molecule has 0 amide bonds. The van der Waals surface area contributed by atoms with Crippen molar-refractivity contribution in [3.05, 3.63) is 64.1 Å². The van der Waals surface area contributed by atoms with Gasteiger partial charge in [0.1, 0.15) is 0 Å². The van der Waals surface area contributed by atoms with Crippen molar-refractivity contribution in [2.24, 2.45) is 0 Å². The first kappa shape index (κ1) is 14.8. The van der Waals surface area contributed by atoms with Crippen molar-refractivity contribution < 1.29 is 9.53 Å². The van der Waals surface area contributed by atoms with Crippen molar-refractivity contribution in [1.82, 2.24) is 4.57 Å². The third-order valence-electron chi connectivity index (χ3n) is 2.97. The van der Waals surface area contributed by atoms with Crippen LogP contribution in [-0.4, -0.2) is 16.6 Å². The number of hydrogen-bond acceptors (Lipinski definition) is 4. The number of esters is 1. The number of nitrogen functional groups attached to an aromatic ring is 1. The van der Waals surface area contributed by atoms with Crippen LogP contribution in [0, 0.1) is 0 Å². The Bertz CT molecular complexity index is 705. The van der Waals surface area contributed by atoms with E-state index in [-0.39, 0.29) is 18.2 Å². The summed E-state index contributed by atoms with van der Waals surface area (Å²) >= 11 is 0. The van der Waals surface area contributed by atoms with Crippen LogP contribution in [0.15, 0.2) is 47.4 Å². The minimum atomic E-state index is -0.470. The second-order valence-corrected chi connectivity index (χ2v) is 5.00. The van der Waals surface area contributed by atoms with E-state index in [1.165, 1.54) is 10.6 Å². The summed E-state index contributed by atoms with van der Waals surface area (Å²) < 4.78 is 6.73. The van der Waals surface area contributed by atoms with Gasteiger partial charge in [-0.3, -0.25) is 4.79 Å². The summed E-state index contributed by atoms with van der Waals surface area (Å²) in [6, 6.07) is 10.1. The Morgan fingerprint density at radius 3 is 2.67 bits per heavy atom. The van der Waals surface area contributed by atoms with Gasteiger partial charge in [-0.1, -0.05) is 18.2 Å². The SMILES string of the molecule is CC(C)OC(=O)c1c(N)cccc1Cn1ccccc1=O. The minimum Gasteiger partial charge on any atom is -0.459 e. The summed E-state index contributed by atoms with van der Waals surface area (Å²) in [7, 11) is 0. The molecule has 5 heteroatoms. The molecule has 2 rings (SSSR count). The zero-order chi connectivity index (χ0) is 15.4. The molecule has 0 aliphatic rings. The number of aromatic nitrogens is 1. The number of carbonyl (C=O) groups excluding carboxylic acids is 1. The van der Waals surface area contributed by atoms with Gasteiger partial charge in [-0.2, -0.15) is 0 Å². The second kappa shape index (κ2) is 6.26. The Morgan fingerprint density at radius 2 is 2.00 bits per heavy atom. The molecule has 0 unspecified atom stereocenters. The van der Waals surface area contributed by atoms with Gasteiger partial charge in [0.05, 0.1) is 18.2 Å². The maximum atomic E-state index is 12.2. The highest BCUT2D eigenvalue weighted by atomic mass is 16.5. The van der Waals surface area contributed by atoms with Crippen LogP contribution in [0.5, 0.6) is 0 Å². The number of nitrogens with two attached hydrogens (primary N) is 1. The van der Waals surface area contributed by atoms with Crippen LogP contribution < -0.4 is 11.3 Å². The standard InChI is InChI=1S/C16H18N2O3/c1-11(2)21-16(20)15-12(6-5-7-13(15)17)10-18-9-4-3-8-14(18)19/h3-9,11H,10,17H2,1-2H3. The van der Waals surface area contributed by atoms with Crippen LogP contribution in [-0.2, 0) is 11.3 Å². The average molecular weight is 286 g/mol. The molecule has 0 atom stereocenters. The van der Waals surface area contributed by atoms with Crippen LogP contribution in [0.1, 0.15) is 29.8 Å². The smallest absolute Gasteiger partial charge is 0.340 e. The maximum Gasteiger partial charge on any atom is 0.340 e. The van der Waals surface area contributed by atoms with Gasteiger partial charge >= 0.3 is 5.97 Å². The molecule has 0 aliphatic carbocycles. The summed E-state index contributed by atoms with van der Waals surface area (Å²) in [6.07, 6.45) is 1.44. The van der Waals surface area contributed by atoms with Gasteiger partial charge in [-0.05, 0) is 31.5 Å². The fraction of sp³-hybridized carbons (Fsp3) is 0.250. The number of nitrogens with zero attached hydrogens (tertiary/aromatic N) is 1. The predicted octanol–water partition coefficient (Wildman–Crippen LogP) is 2.04. The number of hydrogen-bond donors (Lipinski definition) is 1. The van der Waals surface area contributed by atoms with Crippen LogP contribution in [0.25, 0.3) is 0 Å². The largest absolute Gasteiger partial charge is 0.459 e. The van der Waals surface area contributed by atoms with E-state index in [9.17, 15) is 9.59 Å². The molecule has 21 heavy (non-hydrogen) atoms. The van der Waals surface area contributed by atoms with E-state index in [0.29, 0.717) is 16.8 Å². The Morgan fingerprint density at radius 1 is 1.24 bits per heavy atom. The van der Waals surface area contributed by atoms with E-state index < -0.39 is 5.97 Å². The van der Waals surface area contributed by atoms with E-state index >= 15 is 0 Å². The number of pyridine rings is 1. The highest BCUT2D eigenvalue weighted by Gasteiger charge is 2.17. The molecule has 1 aromatic heterocycles. The first-order valence-electron chi connectivity index (χ1n) is 6.73. The third-order valence-corrected chi connectivity index (χ3v) is 2.97. The zero-order valence-corrected chi connectivity index (χ0v) is 12.1. The molecule has 0 saturated carbocycles. The van der Waals surface area contributed by atoms with Gasteiger partial charge in [0, 0.05) is 18.0 Å². The molecule has 1 heterocycles. The van der Waals surface area contributed by atoms with Crippen molar-refractivity contribution in [1.29, 1.82) is 0 Å². The van der Waals surface area contributed by atoms with Crippen molar-refractivity contribution in [3.63, 3.8) is 0 Å². The predicted molar refractivity (Wildman–Crippen MR) is 81.2 cm³/mol. The molecular weight excluding hydrogens is 268 g/mol. The van der Waals surface area contributed by atoms with E-state index in [1.54, 1.807) is 50.4 Å². The lowest BCUT2D eigenvalue weighted by Gasteiger charge is -2.14. The lowest BCUT2D eigenvalue weighted by atomic mass is 10.1. The molecular formula is C16H18N2O3. The van der Waals surface area contributed by atoms with Crippen molar-refractivity contribution in [3.8, 4) is 0 Å². The fourth-order valence-electron chi connectivity index (χ4n) is 2.05. The summed E-state index contributed by atoms with van der Waals surface area (Å²) in [5.74, 6) is -0.470. The Kier molecular flexibility index (Phi) is 4.42. The van der Waals surface area contributed by atoms with Gasteiger partial charge < -0.3 is 15.0 Å². The van der Waals surface area contributed by atoms with Crippen LogP contribution in [0.3, 0.4) is 0 Å². The monoisotopic (exact) mass is 286 g/mol. The van der Waals surface area contributed by atoms with Crippen LogP contribution in [0.2, 0.25) is 0 Å². The van der Waals surface area contributed by atoms with Gasteiger partial charge in [0.15, 0.2) is 0 Å². The fourth-order valence-corrected chi connectivity index (χ4v) is 2.05. The molecule has 0 aliphatic heterocycles. The normalized spacial score (nSPS) is 10.6. The first-order chi connectivity index (χ1) is 9.99. The second-order valence-electron chi connectivity index (χ2n) is 5.00. The molecule has 0 fully saturated rings. The molecule has 1 aromatic carbocycles. The number of rotatable bonds is 4. The van der Waals surface area contributed by atoms with Gasteiger partial charge in [-0.15, -0.1) is 0 Å². The average Bonchev–Trinajstić information content (AvgIpc) is 2.40. The quantitative estimate of drug-likeness (QED) is 0.689. The summed E-state index contributed by atoms with van der Waals surface area (Å²) in [5, 5.41) is 0. The number of anilines is 1. The van der Waals surface area contributed by atoms with E-state index in [1.807, 2.05) is 0 Å². The van der Waals surface area contributed by atoms with Crippen molar-refractivity contribution >= 4 is 11.7 Å². The summed E-state index contributed by atoms with van der Waals surface area (Å²) in [4.78, 5) is 24.0. The maximum absolute atomic E-state index is 12.2. The zero-order valence-electron chi connectivity index (χ0n) is 12.1. The van der Waals surface area contributed by atoms with E-state index in [2.05, 4.69) is 0 Å². The topological polar surface area (TPSA) is 74.3 Å². The van der Waals surface area contributed by atoms with E-state index in [0.717, 1.165) is 0 Å². The molecule has 0 spiro atoms. The highest BCUT2D eigenvalue weighted by molar-refractivity contribution is 5.96. The van der Waals surface area contributed by atoms with E-state index in [4.69, 9.17) is 10.5 Å². The van der Waals surface area contributed by atoms with Crippen LogP contribution in [0.4, 0.5) is 5.69 Å². The number of ether oxygens (including phenoxy) is 1. The molecule has 5 nitrogen and oxygen atoms in total.